The molecule has 0 aromatic rings. The topological polar surface area (TPSA) is 91.3 Å². The van der Waals surface area contributed by atoms with E-state index in [0.29, 0.717) is 24.0 Å². The van der Waals surface area contributed by atoms with Gasteiger partial charge in [0, 0.05) is 30.8 Å². The van der Waals surface area contributed by atoms with E-state index < -0.39 is 34.8 Å². The van der Waals surface area contributed by atoms with E-state index in [-0.39, 0.29) is 36.6 Å². The zero-order valence-electron chi connectivity index (χ0n) is 35.8. The van der Waals surface area contributed by atoms with Crippen molar-refractivity contribution in [2.75, 3.05) is 6.61 Å². The summed E-state index contributed by atoms with van der Waals surface area (Å²) in [5, 5.41) is 12.5. The van der Waals surface area contributed by atoms with Crippen LogP contribution in [0.15, 0.2) is 59.8 Å². The predicted molar refractivity (Wildman–Crippen MR) is 225 cm³/mol. The zero-order valence-corrected chi connectivity index (χ0v) is 35.8. The van der Waals surface area contributed by atoms with Gasteiger partial charge in [-0.3, -0.25) is 9.59 Å². The maximum atomic E-state index is 13.9. The van der Waals surface area contributed by atoms with E-state index >= 15 is 0 Å². The molecule has 1 N–H and O–H groups in total. The molecule has 0 aromatic carbocycles. The summed E-state index contributed by atoms with van der Waals surface area (Å²) in [5.41, 5.74) is -1.47. The Labute approximate surface area is 339 Å². The second kappa shape index (κ2) is 20.6. The molecule has 5 aliphatic rings. The van der Waals surface area contributed by atoms with Gasteiger partial charge in [-0.2, -0.15) is 0 Å². The number of aliphatic hydroxyl groups is 1. The minimum Gasteiger partial charge on any atom is -0.461 e. The number of allylic oxidation sites excluding steroid dienone is 3. The van der Waals surface area contributed by atoms with Crippen molar-refractivity contribution in [3.8, 4) is 0 Å². The predicted octanol–water partition coefficient (Wildman–Crippen LogP) is 11.9. The van der Waals surface area contributed by atoms with Gasteiger partial charge in [0.2, 0.25) is 0 Å². The quantitative estimate of drug-likeness (QED) is 0.0405. The number of rotatable bonds is 26. The number of ketones is 1. The monoisotopic (exact) mass is 777 g/mol. The summed E-state index contributed by atoms with van der Waals surface area (Å²) in [6, 6.07) is 0. The molecule has 5 rings (SSSR count). The number of carbonyl (C=O) groups is 2. The summed E-state index contributed by atoms with van der Waals surface area (Å²) in [4.78, 5) is 26.9. The summed E-state index contributed by atoms with van der Waals surface area (Å²) >= 11 is 0. The molecule has 3 bridgehead atoms. The van der Waals surface area contributed by atoms with Gasteiger partial charge in [-0.25, -0.2) is 0 Å². The summed E-state index contributed by atoms with van der Waals surface area (Å²) < 4.78 is 26.8. The van der Waals surface area contributed by atoms with Gasteiger partial charge in [0.15, 0.2) is 5.78 Å². The van der Waals surface area contributed by atoms with E-state index in [0.717, 1.165) is 37.7 Å². The van der Waals surface area contributed by atoms with E-state index in [1.165, 1.54) is 96.3 Å². The lowest BCUT2D eigenvalue weighted by molar-refractivity contribution is -0.398. The minimum absolute atomic E-state index is 0.0155. The molecule has 2 heterocycles. The highest BCUT2D eigenvalue weighted by Crippen LogP contribution is 2.68. The number of unbranched alkanes of at least 4 members (excludes halogenated alkanes) is 18. The van der Waals surface area contributed by atoms with E-state index in [4.69, 9.17) is 18.9 Å². The fourth-order valence-corrected chi connectivity index (χ4v) is 10.5. The van der Waals surface area contributed by atoms with Crippen molar-refractivity contribution in [3.05, 3.63) is 59.8 Å². The highest BCUT2D eigenvalue weighted by molar-refractivity contribution is 6.04. The molecule has 3 fully saturated rings. The van der Waals surface area contributed by atoms with E-state index in [2.05, 4.69) is 39.5 Å². The van der Waals surface area contributed by atoms with Crippen LogP contribution >= 0.6 is 0 Å². The van der Waals surface area contributed by atoms with Crippen molar-refractivity contribution in [2.24, 2.45) is 17.8 Å². The zero-order chi connectivity index (χ0) is 40.2. The molecule has 3 aliphatic carbocycles. The first-order valence-corrected chi connectivity index (χ1v) is 22.9. The molecule has 8 atom stereocenters. The molecular formula is C49H76O7. The molecule has 2 saturated heterocycles. The third-order valence-electron chi connectivity index (χ3n) is 13.6. The van der Waals surface area contributed by atoms with Crippen molar-refractivity contribution < 1.29 is 33.6 Å². The Hall–Kier alpha value is -2.32. The molecule has 0 spiro atoms. The summed E-state index contributed by atoms with van der Waals surface area (Å²) in [5.74, 6) is -3.17. The van der Waals surface area contributed by atoms with Crippen LogP contribution in [0.4, 0.5) is 0 Å². The van der Waals surface area contributed by atoms with Gasteiger partial charge in [0.25, 0.3) is 0 Å². The standard InChI is InChI=1S/C49H76O7/c1-7-9-11-13-15-17-19-20-22-24-26-28-30-43(50)53-36-40-33-41-45-47(37(3)4)34-39(6)49(41,42-32-38(5)44(51)46(42,52)35-40)56-48(54-45,55-47)31-29-27-25-23-21-18-16-14-12-10-8-2/h25,27,29,31-33,39,41-42,45,52H,3,7-24,26,28,30,34-36H2,1-2,4-6H3. The van der Waals surface area contributed by atoms with Crippen LogP contribution in [0.5, 0.6) is 0 Å². The second-order valence-corrected chi connectivity index (χ2v) is 18.1. The van der Waals surface area contributed by atoms with Crippen LogP contribution in [0, 0.1) is 17.8 Å². The summed E-state index contributed by atoms with van der Waals surface area (Å²) in [6.07, 6.45) is 37.3. The van der Waals surface area contributed by atoms with Gasteiger partial charge in [-0.1, -0.05) is 167 Å². The Balaban J connectivity index is 1.23. The van der Waals surface area contributed by atoms with E-state index in [1.54, 1.807) is 6.92 Å². The highest BCUT2D eigenvalue weighted by atomic mass is 16.9. The lowest BCUT2D eigenvalue weighted by atomic mass is 9.55. The summed E-state index contributed by atoms with van der Waals surface area (Å²) in [7, 11) is 0. The van der Waals surface area contributed by atoms with Gasteiger partial charge in [0.05, 0.1) is 5.60 Å². The number of fused-ring (bicyclic) bond motifs is 2. The first kappa shape index (κ1) is 44.8. The van der Waals surface area contributed by atoms with Crippen LogP contribution < -0.4 is 0 Å². The molecule has 0 aromatic heterocycles. The van der Waals surface area contributed by atoms with Crippen LogP contribution in [-0.2, 0) is 28.5 Å². The fraction of sp³-hybridized carbons (Fsp3) is 0.755. The van der Waals surface area contributed by atoms with Crippen LogP contribution in [0.3, 0.4) is 0 Å². The van der Waals surface area contributed by atoms with Crippen molar-refractivity contribution in [2.45, 2.75) is 211 Å². The molecule has 314 valence electrons. The molecule has 2 aliphatic heterocycles. The maximum absolute atomic E-state index is 13.9. The van der Waals surface area contributed by atoms with Crippen LogP contribution in [0.2, 0.25) is 0 Å². The Morgan fingerprint density at radius 1 is 0.875 bits per heavy atom. The Kier molecular flexibility index (Phi) is 16.5. The molecule has 8 unspecified atom stereocenters. The van der Waals surface area contributed by atoms with Crippen molar-refractivity contribution >= 4 is 11.8 Å². The van der Waals surface area contributed by atoms with E-state index in [9.17, 15) is 14.7 Å². The van der Waals surface area contributed by atoms with Crippen molar-refractivity contribution in [1.82, 2.24) is 0 Å². The highest BCUT2D eigenvalue weighted by Gasteiger charge is 2.78. The minimum atomic E-state index is -1.73. The Bertz CT molecular complexity index is 1460. The number of hydrogen-bond acceptors (Lipinski definition) is 7. The SMILES string of the molecule is C=C(C)C12CC(C)C34OC(C=CC=CCCCCCCCCC)(OC1C3C=C(COC(=O)CCCCCCCCCCCCCC)CC1(O)C(=O)C(C)=CC14)O2. The lowest BCUT2D eigenvalue weighted by Gasteiger charge is -2.58. The first-order valence-electron chi connectivity index (χ1n) is 22.9. The van der Waals surface area contributed by atoms with Gasteiger partial charge >= 0.3 is 11.9 Å². The van der Waals surface area contributed by atoms with Crippen molar-refractivity contribution in [1.29, 1.82) is 0 Å². The average molecular weight is 777 g/mol. The number of hydrogen-bond donors (Lipinski definition) is 1. The molecular weight excluding hydrogens is 701 g/mol. The second-order valence-electron chi connectivity index (χ2n) is 18.1. The molecule has 0 radical (unpaired) electrons. The average Bonchev–Trinajstić information content (AvgIpc) is 3.48. The Morgan fingerprint density at radius 3 is 2.07 bits per heavy atom. The fourth-order valence-electron chi connectivity index (χ4n) is 10.5. The maximum Gasteiger partial charge on any atom is 0.306 e. The van der Waals surface area contributed by atoms with Gasteiger partial charge < -0.3 is 24.1 Å². The van der Waals surface area contributed by atoms with Crippen LogP contribution in [0.1, 0.15) is 182 Å². The molecule has 0 amide bonds. The third-order valence-corrected chi connectivity index (χ3v) is 13.6. The molecule has 7 heteroatoms. The van der Waals surface area contributed by atoms with Gasteiger partial charge in [-0.15, -0.1) is 0 Å². The van der Waals surface area contributed by atoms with Crippen LogP contribution in [0.25, 0.3) is 0 Å². The molecule has 1 saturated carbocycles. The number of ether oxygens (including phenoxy) is 4. The van der Waals surface area contributed by atoms with E-state index in [1.807, 2.05) is 31.2 Å². The van der Waals surface area contributed by atoms with Gasteiger partial charge in [0.1, 0.15) is 23.9 Å². The van der Waals surface area contributed by atoms with Crippen molar-refractivity contribution in [3.63, 3.8) is 0 Å². The Morgan fingerprint density at radius 2 is 1.46 bits per heavy atom. The lowest BCUT2D eigenvalue weighted by Crippen LogP contribution is -2.70. The molecule has 7 nitrogen and oxygen atoms in total. The molecule has 56 heavy (non-hydrogen) atoms. The largest absolute Gasteiger partial charge is 0.461 e. The summed E-state index contributed by atoms with van der Waals surface area (Å²) in [6.45, 7) is 14.8. The number of carbonyl (C=O) groups excluding carboxylic acids is 2. The third kappa shape index (κ3) is 9.92. The first-order chi connectivity index (χ1) is 27.0. The smallest absolute Gasteiger partial charge is 0.306 e. The van der Waals surface area contributed by atoms with Crippen LogP contribution in [-0.4, -0.2) is 52.3 Å². The van der Waals surface area contributed by atoms with Gasteiger partial charge in [-0.05, 0) is 62.2 Å². The number of Topliss-reactive ketones (excluding diaryl/α,β-unsaturated/α-hetero) is 1. The number of esters is 1. The normalized spacial score (nSPS) is 33.1.